The van der Waals surface area contributed by atoms with Crippen LogP contribution in [0.4, 0.5) is 8.78 Å². The van der Waals surface area contributed by atoms with Gasteiger partial charge in [-0.15, -0.1) is 0 Å². The molecule has 0 N–H and O–H groups in total. The number of hydrogen-bond acceptors (Lipinski definition) is 3. The van der Waals surface area contributed by atoms with Gasteiger partial charge in [-0.05, 0) is 35.0 Å². The van der Waals surface area contributed by atoms with E-state index in [0.29, 0.717) is 0 Å². The van der Waals surface area contributed by atoms with Crippen molar-refractivity contribution in [2.45, 2.75) is 13.5 Å². The lowest BCUT2D eigenvalue weighted by atomic mass is 10.1. The second-order valence-corrected chi connectivity index (χ2v) is 3.73. The van der Waals surface area contributed by atoms with E-state index in [2.05, 4.69) is 20.7 Å². The quantitative estimate of drug-likeness (QED) is 0.804. The zero-order valence-corrected chi connectivity index (χ0v) is 9.72. The summed E-state index contributed by atoms with van der Waals surface area (Å²) < 4.78 is 28.4. The van der Waals surface area contributed by atoms with Crippen LogP contribution < -0.4 is 4.74 Å². The summed E-state index contributed by atoms with van der Waals surface area (Å²) in [7, 11) is 0. The SMILES string of the molecule is CC(=O)c1cc(OC(F)F)cc(Br)c1C#N. The maximum Gasteiger partial charge on any atom is 0.387 e. The highest BCUT2D eigenvalue weighted by Gasteiger charge is 2.15. The first-order valence-electron chi connectivity index (χ1n) is 4.15. The summed E-state index contributed by atoms with van der Waals surface area (Å²) in [6.07, 6.45) is 0. The van der Waals surface area contributed by atoms with Crippen molar-refractivity contribution in [3.63, 3.8) is 0 Å². The molecule has 0 aliphatic heterocycles. The molecule has 1 aromatic carbocycles. The van der Waals surface area contributed by atoms with Crippen molar-refractivity contribution < 1.29 is 18.3 Å². The van der Waals surface area contributed by atoms with Crippen molar-refractivity contribution in [3.05, 3.63) is 27.7 Å². The molecule has 3 nitrogen and oxygen atoms in total. The normalized spacial score (nSPS) is 10.0. The molecule has 0 amide bonds. The average Bonchev–Trinajstić information content (AvgIpc) is 2.15. The Balaban J connectivity index is 3.29. The Bertz CT molecular complexity index is 469. The summed E-state index contributed by atoms with van der Waals surface area (Å²) in [4.78, 5) is 11.2. The molecule has 0 atom stereocenters. The molecule has 84 valence electrons. The van der Waals surface area contributed by atoms with Crippen LogP contribution in [0.5, 0.6) is 5.75 Å². The molecule has 0 unspecified atom stereocenters. The van der Waals surface area contributed by atoms with Crippen molar-refractivity contribution >= 4 is 21.7 Å². The van der Waals surface area contributed by atoms with Gasteiger partial charge in [-0.1, -0.05) is 0 Å². The number of alkyl halides is 2. The van der Waals surface area contributed by atoms with E-state index in [-0.39, 0.29) is 21.3 Å². The van der Waals surface area contributed by atoms with Crippen LogP contribution in [0.3, 0.4) is 0 Å². The topological polar surface area (TPSA) is 50.1 Å². The number of ketones is 1. The molecular formula is C10H6BrF2NO2. The van der Waals surface area contributed by atoms with Crippen LogP contribution in [-0.2, 0) is 0 Å². The number of ether oxygens (including phenoxy) is 1. The Kier molecular flexibility index (Phi) is 3.96. The van der Waals surface area contributed by atoms with Gasteiger partial charge in [0.05, 0.1) is 5.56 Å². The van der Waals surface area contributed by atoms with Crippen LogP contribution in [-0.4, -0.2) is 12.4 Å². The summed E-state index contributed by atoms with van der Waals surface area (Å²) in [6.45, 7) is -1.73. The van der Waals surface area contributed by atoms with Gasteiger partial charge >= 0.3 is 6.61 Å². The summed E-state index contributed by atoms with van der Waals surface area (Å²) in [5, 5.41) is 8.80. The summed E-state index contributed by atoms with van der Waals surface area (Å²) in [6, 6.07) is 4.16. The van der Waals surface area contributed by atoms with E-state index in [1.54, 1.807) is 0 Å². The first-order valence-corrected chi connectivity index (χ1v) is 4.94. The number of nitrogens with zero attached hydrogens (tertiary/aromatic N) is 1. The fourth-order valence-electron chi connectivity index (χ4n) is 1.14. The lowest BCUT2D eigenvalue weighted by Gasteiger charge is -2.08. The van der Waals surface area contributed by atoms with E-state index in [1.165, 1.54) is 13.0 Å². The zero-order valence-electron chi connectivity index (χ0n) is 8.13. The molecule has 1 aromatic rings. The number of rotatable bonds is 3. The lowest BCUT2D eigenvalue weighted by molar-refractivity contribution is -0.0499. The number of carbonyl (C=O) groups is 1. The van der Waals surface area contributed by atoms with Gasteiger partial charge in [0.1, 0.15) is 11.8 Å². The second kappa shape index (κ2) is 5.03. The highest BCUT2D eigenvalue weighted by Crippen LogP contribution is 2.27. The molecule has 0 spiro atoms. The number of carbonyl (C=O) groups excluding carboxylic acids is 1. The summed E-state index contributed by atoms with van der Waals surface area (Å²) >= 11 is 3.02. The van der Waals surface area contributed by atoms with E-state index >= 15 is 0 Å². The highest BCUT2D eigenvalue weighted by molar-refractivity contribution is 9.10. The Morgan fingerprint density at radius 3 is 2.62 bits per heavy atom. The van der Waals surface area contributed by atoms with E-state index in [4.69, 9.17) is 5.26 Å². The first-order chi connectivity index (χ1) is 7.45. The molecule has 0 aliphatic rings. The molecule has 6 heteroatoms. The predicted molar refractivity (Wildman–Crippen MR) is 55.5 cm³/mol. The largest absolute Gasteiger partial charge is 0.435 e. The first kappa shape index (κ1) is 12.6. The zero-order chi connectivity index (χ0) is 12.3. The third-order valence-corrected chi connectivity index (χ3v) is 2.41. The Morgan fingerprint density at radius 2 is 2.19 bits per heavy atom. The van der Waals surface area contributed by atoms with Crippen LogP contribution in [0.25, 0.3) is 0 Å². The van der Waals surface area contributed by atoms with Gasteiger partial charge in [-0.25, -0.2) is 0 Å². The van der Waals surface area contributed by atoms with Gasteiger partial charge in [0.25, 0.3) is 0 Å². The van der Waals surface area contributed by atoms with Crippen molar-refractivity contribution in [2.75, 3.05) is 0 Å². The molecule has 0 saturated heterocycles. The third kappa shape index (κ3) is 2.76. The van der Waals surface area contributed by atoms with Gasteiger partial charge < -0.3 is 4.74 Å². The van der Waals surface area contributed by atoms with Crippen LogP contribution in [0.15, 0.2) is 16.6 Å². The van der Waals surface area contributed by atoms with Crippen molar-refractivity contribution in [1.29, 1.82) is 5.26 Å². The van der Waals surface area contributed by atoms with Crippen LogP contribution in [0.2, 0.25) is 0 Å². The fraction of sp³-hybridized carbons (Fsp3) is 0.200. The fourth-order valence-corrected chi connectivity index (χ4v) is 1.67. The van der Waals surface area contributed by atoms with Crippen molar-refractivity contribution in [2.24, 2.45) is 0 Å². The molecule has 1 rings (SSSR count). The standard InChI is InChI=1S/C10H6BrF2NO2/c1-5(15)7-2-6(16-10(12)13)3-9(11)8(7)4-14/h2-3,10H,1H3. The maximum atomic E-state index is 12.0. The minimum absolute atomic E-state index is 0.0486. The third-order valence-electron chi connectivity index (χ3n) is 1.78. The number of Topliss-reactive ketones (excluding diaryl/α,β-unsaturated/α-hetero) is 1. The lowest BCUT2D eigenvalue weighted by Crippen LogP contribution is -2.05. The monoisotopic (exact) mass is 289 g/mol. The predicted octanol–water partition coefficient (Wildman–Crippen LogP) is 3.12. The molecule has 0 bridgehead atoms. The molecule has 0 radical (unpaired) electrons. The summed E-state index contributed by atoms with van der Waals surface area (Å²) in [5.41, 5.74) is 0.154. The van der Waals surface area contributed by atoms with E-state index in [1.807, 2.05) is 6.07 Å². The van der Waals surface area contributed by atoms with Gasteiger partial charge in [0.15, 0.2) is 5.78 Å². The maximum absolute atomic E-state index is 12.0. The molecule has 0 fully saturated rings. The molecule has 0 saturated carbocycles. The minimum Gasteiger partial charge on any atom is -0.435 e. The molecule has 0 heterocycles. The highest BCUT2D eigenvalue weighted by atomic mass is 79.9. The Hall–Kier alpha value is -1.48. The van der Waals surface area contributed by atoms with Gasteiger partial charge in [-0.3, -0.25) is 4.79 Å². The van der Waals surface area contributed by atoms with E-state index < -0.39 is 12.4 Å². The number of benzene rings is 1. The molecule has 0 aromatic heterocycles. The Morgan fingerprint density at radius 1 is 1.56 bits per heavy atom. The van der Waals surface area contributed by atoms with Gasteiger partial charge in [0, 0.05) is 10.0 Å². The van der Waals surface area contributed by atoms with Crippen LogP contribution in [0.1, 0.15) is 22.8 Å². The van der Waals surface area contributed by atoms with Crippen LogP contribution in [0, 0.1) is 11.3 Å². The number of nitriles is 1. The number of hydrogen-bond donors (Lipinski definition) is 0. The van der Waals surface area contributed by atoms with Crippen LogP contribution >= 0.6 is 15.9 Å². The van der Waals surface area contributed by atoms with Gasteiger partial charge in [0.2, 0.25) is 0 Å². The molecule has 16 heavy (non-hydrogen) atoms. The van der Waals surface area contributed by atoms with Gasteiger partial charge in [-0.2, -0.15) is 14.0 Å². The number of halogens is 3. The van der Waals surface area contributed by atoms with Crippen molar-refractivity contribution in [1.82, 2.24) is 0 Å². The smallest absolute Gasteiger partial charge is 0.387 e. The molecular weight excluding hydrogens is 284 g/mol. The average molecular weight is 290 g/mol. The Labute approximate surface area is 98.8 Å². The van der Waals surface area contributed by atoms with E-state index in [0.717, 1.165) is 6.07 Å². The molecule has 0 aliphatic carbocycles. The minimum atomic E-state index is -2.97. The summed E-state index contributed by atoms with van der Waals surface area (Å²) in [5.74, 6) is -0.553. The van der Waals surface area contributed by atoms with E-state index in [9.17, 15) is 13.6 Å². The second-order valence-electron chi connectivity index (χ2n) is 2.87. The van der Waals surface area contributed by atoms with Crippen molar-refractivity contribution in [3.8, 4) is 11.8 Å².